The van der Waals surface area contributed by atoms with Gasteiger partial charge in [0.25, 0.3) is 0 Å². The molecule has 0 saturated carbocycles. The number of ether oxygens (including phenoxy) is 1. The van der Waals surface area contributed by atoms with Crippen LogP contribution in [0.4, 0.5) is 0 Å². The second-order valence-corrected chi connectivity index (χ2v) is 3.09. The van der Waals surface area contributed by atoms with Crippen LogP contribution in [-0.4, -0.2) is 25.2 Å². The Morgan fingerprint density at radius 2 is 2.33 bits per heavy atom. The van der Waals surface area contributed by atoms with Crippen molar-refractivity contribution >= 4 is 0 Å². The van der Waals surface area contributed by atoms with Crippen molar-refractivity contribution in [3.8, 4) is 17.6 Å². The third kappa shape index (κ3) is 4.48. The second kappa shape index (κ2) is 6.86. The van der Waals surface area contributed by atoms with E-state index in [9.17, 15) is 0 Å². The van der Waals surface area contributed by atoms with E-state index in [4.69, 9.17) is 4.74 Å². The summed E-state index contributed by atoms with van der Waals surface area (Å²) in [5.41, 5.74) is 0.888. The normalized spacial score (nSPS) is 9.20. The summed E-state index contributed by atoms with van der Waals surface area (Å²) in [4.78, 5) is 4.07. The maximum atomic E-state index is 5.46. The summed E-state index contributed by atoms with van der Waals surface area (Å²) in [5, 5.41) is 2.96. The molecule has 0 aromatic carbocycles. The molecule has 1 N–H and O–H groups in total. The average Bonchev–Trinajstić information content (AvgIpc) is 2.27. The van der Waals surface area contributed by atoms with Crippen LogP contribution >= 0.6 is 0 Å². The van der Waals surface area contributed by atoms with Crippen molar-refractivity contribution in [2.75, 3.05) is 20.2 Å². The molecule has 0 atom stereocenters. The Morgan fingerprint density at radius 3 is 3.07 bits per heavy atom. The summed E-state index contributed by atoms with van der Waals surface area (Å²) in [6.07, 6.45) is 4.44. The zero-order valence-corrected chi connectivity index (χ0v) is 9.21. The maximum absolute atomic E-state index is 5.46. The van der Waals surface area contributed by atoms with Crippen LogP contribution in [0.25, 0.3) is 0 Å². The minimum atomic E-state index is 0.681. The van der Waals surface area contributed by atoms with Crippen molar-refractivity contribution in [3.05, 3.63) is 24.0 Å². The SMILES string of the molecule is CCCOc1cncc(C#CCNC)c1. The number of hydrogen-bond donors (Lipinski definition) is 1. The van der Waals surface area contributed by atoms with E-state index >= 15 is 0 Å². The Morgan fingerprint density at radius 1 is 1.47 bits per heavy atom. The molecule has 0 spiro atoms. The van der Waals surface area contributed by atoms with E-state index in [0.29, 0.717) is 6.54 Å². The molecular weight excluding hydrogens is 188 g/mol. The molecule has 80 valence electrons. The number of nitrogens with one attached hydrogen (secondary N) is 1. The highest BCUT2D eigenvalue weighted by Crippen LogP contribution is 2.10. The van der Waals surface area contributed by atoms with Gasteiger partial charge in [-0.15, -0.1) is 0 Å². The average molecular weight is 204 g/mol. The lowest BCUT2D eigenvalue weighted by atomic mass is 10.3. The number of hydrogen-bond acceptors (Lipinski definition) is 3. The largest absolute Gasteiger partial charge is 0.492 e. The van der Waals surface area contributed by atoms with Crippen LogP contribution in [0, 0.1) is 11.8 Å². The van der Waals surface area contributed by atoms with Gasteiger partial charge in [-0.3, -0.25) is 4.98 Å². The van der Waals surface area contributed by atoms with Crippen molar-refractivity contribution in [2.24, 2.45) is 0 Å². The first kappa shape index (κ1) is 11.5. The van der Waals surface area contributed by atoms with Gasteiger partial charge in [0, 0.05) is 11.8 Å². The van der Waals surface area contributed by atoms with E-state index in [2.05, 4.69) is 29.1 Å². The van der Waals surface area contributed by atoms with Crippen molar-refractivity contribution in [1.82, 2.24) is 10.3 Å². The van der Waals surface area contributed by atoms with E-state index in [1.165, 1.54) is 0 Å². The molecule has 0 aliphatic heterocycles. The van der Waals surface area contributed by atoms with Crippen molar-refractivity contribution < 1.29 is 4.74 Å². The molecule has 0 saturated heterocycles. The predicted molar refractivity (Wildman–Crippen MR) is 60.8 cm³/mol. The van der Waals surface area contributed by atoms with Crippen LogP contribution in [0.3, 0.4) is 0 Å². The molecule has 15 heavy (non-hydrogen) atoms. The number of nitrogens with zero attached hydrogens (tertiary/aromatic N) is 1. The highest BCUT2D eigenvalue weighted by Gasteiger charge is 1.94. The van der Waals surface area contributed by atoms with Crippen molar-refractivity contribution in [2.45, 2.75) is 13.3 Å². The standard InChI is InChI=1S/C12H16N2O/c1-3-7-15-12-8-11(9-14-10-12)5-4-6-13-2/h8-10,13H,3,6-7H2,1-2H3. The molecule has 0 bridgehead atoms. The zero-order valence-electron chi connectivity index (χ0n) is 9.21. The van der Waals surface area contributed by atoms with Crippen LogP contribution in [0.5, 0.6) is 5.75 Å². The van der Waals surface area contributed by atoms with Crippen LogP contribution < -0.4 is 10.1 Å². The zero-order chi connectivity index (χ0) is 10.9. The minimum absolute atomic E-state index is 0.681. The van der Waals surface area contributed by atoms with Gasteiger partial charge in [0.15, 0.2) is 0 Å². The molecule has 0 radical (unpaired) electrons. The van der Waals surface area contributed by atoms with Gasteiger partial charge in [0.05, 0.1) is 19.3 Å². The van der Waals surface area contributed by atoms with Gasteiger partial charge in [-0.2, -0.15) is 0 Å². The summed E-state index contributed by atoms with van der Waals surface area (Å²) >= 11 is 0. The molecule has 3 nitrogen and oxygen atoms in total. The highest BCUT2D eigenvalue weighted by atomic mass is 16.5. The van der Waals surface area contributed by atoms with Gasteiger partial charge < -0.3 is 10.1 Å². The van der Waals surface area contributed by atoms with E-state index in [1.54, 1.807) is 12.4 Å². The molecule has 0 unspecified atom stereocenters. The van der Waals surface area contributed by atoms with Crippen LogP contribution in [0.15, 0.2) is 18.5 Å². The van der Waals surface area contributed by atoms with E-state index in [-0.39, 0.29) is 0 Å². The molecule has 1 aromatic rings. The van der Waals surface area contributed by atoms with Gasteiger partial charge in [-0.05, 0) is 19.5 Å². The Hall–Kier alpha value is -1.53. The molecule has 1 heterocycles. The monoisotopic (exact) mass is 204 g/mol. The fourth-order valence-electron chi connectivity index (χ4n) is 1.02. The van der Waals surface area contributed by atoms with Crippen molar-refractivity contribution in [3.63, 3.8) is 0 Å². The summed E-state index contributed by atoms with van der Waals surface area (Å²) in [5.74, 6) is 6.77. The third-order valence-corrected chi connectivity index (χ3v) is 1.68. The molecule has 3 heteroatoms. The molecule has 1 rings (SSSR count). The third-order valence-electron chi connectivity index (χ3n) is 1.68. The van der Waals surface area contributed by atoms with Gasteiger partial charge >= 0.3 is 0 Å². The van der Waals surface area contributed by atoms with Crippen LogP contribution in [-0.2, 0) is 0 Å². The predicted octanol–water partition coefficient (Wildman–Crippen LogP) is 1.44. The second-order valence-electron chi connectivity index (χ2n) is 3.09. The fourth-order valence-corrected chi connectivity index (χ4v) is 1.02. The lowest BCUT2D eigenvalue weighted by Gasteiger charge is -2.03. The first-order valence-electron chi connectivity index (χ1n) is 5.08. The first-order valence-corrected chi connectivity index (χ1v) is 5.08. The molecule has 0 aliphatic carbocycles. The van der Waals surface area contributed by atoms with Gasteiger partial charge in [0.2, 0.25) is 0 Å². The fraction of sp³-hybridized carbons (Fsp3) is 0.417. The van der Waals surface area contributed by atoms with Gasteiger partial charge in [0.1, 0.15) is 5.75 Å². The quantitative estimate of drug-likeness (QED) is 0.754. The number of pyridine rings is 1. The van der Waals surface area contributed by atoms with Crippen molar-refractivity contribution in [1.29, 1.82) is 0 Å². The molecule has 0 aliphatic rings. The van der Waals surface area contributed by atoms with E-state index in [1.807, 2.05) is 13.1 Å². The molecular formula is C12H16N2O. The Balaban J connectivity index is 2.62. The van der Waals surface area contributed by atoms with Crippen LogP contribution in [0.1, 0.15) is 18.9 Å². The lowest BCUT2D eigenvalue weighted by Crippen LogP contribution is -2.04. The topological polar surface area (TPSA) is 34.1 Å². The molecule has 0 fully saturated rings. The Bertz CT molecular complexity index is 352. The molecule has 0 amide bonds. The molecule has 1 aromatic heterocycles. The smallest absolute Gasteiger partial charge is 0.138 e. The van der Waals surface area contributed by atoms with E-state index < -0.39 is 0 Å². The first-order chi connectivity index (χ1) is 7.36. The van der Waals surface area contributed by atoms with Gasteiger partial charge in [-0.1, -0.05) is 18.8 Å². The summed E-state index contributed by atoms with van der Waals surface area (Å²) in [6.45, 7) is 3.47. The number of rotatable bonds is 4. The van der Waals surface area contributed by atoms with Gasteiger partial charge in [-0.25, -0.2) is 0 Å². The van der Waals surface area contributed by atoms with Crippen LogP contribution in [0.2, 0.25) is 0 Å². The Labute approximate surface area is 90.9 Å². The van der Waals surface area contributed by atoms with E-state index in [0.717, 1.165) is 24.3 Å². The summed E-state index contributed by atoms with van der Waals surface area (Å²) in [6, 6.07) is 1.91. The minimum Gasteiger partial charge on any atom is -0.492 e. The Kier molecular flexibility index (Phi) is 5.28. The summed E-state index contributed by atoms with van der Waals surface area (Å²) in [7, 11) is 1.87. The number of aromatic nitrogens is 1. The highest BCUT2D eigenvalue weighted by molar-refractivity contribution is 5.36. The lowest BCUT2D eigenvalue weighted by molar-refractivity contribution is 0.316. The maximum Gasteiger partial charge on any atom is 0.138 e. The summed E-state index contributed by atoms with van der Waals surface area (Å²) < 4.78 is 5.46.